The largest absolute Gasteiger partial charge is 0.464 e. The van der Waals surface area contributed by atoms with Crippen LogP contribution >= 0.6 is 11.6 Å². The van der Waals surface area contributed by atoms with Crippen LogP contribution in [0.2, 0.25) is 5.02 Å². The molecule has 0 fully saturated rings. The first-order chi connectivity index (χ1) is 7.20. The highest BCUT2D eigenvalue weighted by Gasteiger charge is 2.16. The molecule has 1 aromatic rings. The van der Waals surface area contributed by atoms with Crippen LogP contribution in [-0.4, -0.2) is 25.8 Å². The Morgan fingerprint density at radius 1 is 1.47 bits per heavy atom. The summed E-state index contributed by atoms with van der Waals surface area (Å²) in [5, 5.41) is 4.29. The van der Waals surface area contributed by atoms with Gasteiger partial charge in [0.25, 0.3) is 0 Å². The van der Waals surface area contributed by atoms with Crippen LogP contribution in [0.3, 0.4) is 0 Å². The van der Waals surface area contributed by atoms with Gasteiger partial charge in [0.05, 0.1) is 12.1 Å². The SMILES string of the molecule is CN/N=C(\C(=O)OC)c1ccccc1Cl. The van der Waals surface area contributed by atoms with E-state index >= 15 is 0 Å². The lowest BCUT2D eigenvalue weighted by molar-refractivity contribution is -0.132. The van der Waals surface area contributed by atoms with E-state index < -0.39 is 5.97 Å². The Balaban J connectivity index is 3.17. The molecule has 0 aliphatic heterocycles. The van der Waals surface area contributed by atoms with Crippen LogP contribution in [0.15, 0.2) is 29.4 Å². The molecule has 1 aromatic carbocycles. The van der Waals surface area contributed by atoms with Crippen LogP contribution in [-0.2, 0) is 9.53 Å². The topological polar surface area (TPSA) is 50.7 Å². The van der Waals surface area contributed by atoms with E-state index in [1.165, 1.54) is 7.11 Å². The normalized spacial score (nSPS) is 11.0. The van der Waals surface area contributed by atoms with Crippen LogP contribution in [0, 0.1) is 0 Å². The van der Waals surface area contributed by atoms with Gasteiger partial charge < -0.3 is 10.2 Å². The van der Waals surface area contributed by atoms with Crippen LogP contribution in [0.25, 0.3) is 0 Å². The highest BCUT2D eigenvalue weighted by Crippen LogP contribution is 2.16. The van der Waals surface area contributed by atoms with Crippen molar-refractivity contribution < 1.29 is 9.53 Å². The zero-order chi connectivity index (χ0) is 11.3. The van der Waals surface area contributed by atoms with Crippen molar-refractivity contribution in [1.82, 2.24) is 5.43 Å². The summed E-state index contributed by atoms with van der Waals surface area (Å²) in [5.74, 6) is -0.530. The first-order valence-electron chi connectivity index (χ1n) is 4.28. The number of nitrogens with zero attached hydrogens (tertiary/aromatic N) is 1. The average molecular weight is 227 g/mol. The van der Waals surface area contributed by atoms with Crippen molar-refractivity contribution >= 4 is 23.3 Å². The van der Waals surface area contributed by atoms with Crippen LogP contribution in [0.5, 0.6) is 0 Å². The summed E-state index contributed by atoms with van der Waals surface area (Å²) in [6.07, 6.45) is 0. The number of methoxy groups -OCH3 is 1. The molecule has 15 heavy (non-hydrogen) atoms. The van der Waals surface area contributed by atoms with E-state index in [0.29, 0.717) is 10.6 Å². The van der Waals surface area contributed by atoms with Crippen LogP contribution in [0.4, 0.5) is 0 Å². The predicted molar refractivity (Wildman–Crippen MR) is 59.1 cm³/mol. The van der Waals surface area contributed by atoms with E-state index in [1.807, 2.05) is 0 Å². The number of ether oxygens (including phenoxy) is 1. The molecule has 0 saturated heterocycles. The maximum atomic E-state index is 11.4. The third kappa shape index (κ3) is 2.70. The second-order valence-corrected chi connectivity index (χ2v) is 3.06. The molecule has 1 N–H and O–H groups in total. The van der Waals surface area contributed by atoms with E-state index in [2.05, 4.69) is 15.3 Å². The van der Waals surface area contributed by atoms with E-state index in [-0.39, 0.29) is 5.71 Å². The van der Waals surface area contributed by atoms with Gasteiger partial charge in [-0.2, -0.15) is 5.10 Å². The van der Waals surface area contributed by atoms with Crippen molar-refractivity contribution in [3.8, 4) is 0 Å². The molecule has 0 bridgehead atoms. The highest BCUT2D eigenvalue weighted by atomic mass is 35.5. The zero-order valence-electron chi connectivity index (χ0n) is 8.45. The molecule has 0 radical (unpaired) electrons. The van der Waals surface area contributed by atoms with Gasteiger partial charge in [-0.15, -0.1) is 0 Å². The van der Waals surface area contributed by atoms with Gasteiger partial charge in [-0.1, -0.05) is 29.8 Å². The monoisotopic (exact) mass is 226 g/mol. The number of esters is 1. The third-order valence-electron chi connectivity index (χ3n) is 1.73. The lowest BCUT2D eigenvalue weighted by Crippen LogP contribution is -2.20. The molecule has 0 heterocycles. The number of carbonyl (C=O) groups excluding carboxylic acids is 1. The summed E-state index contributed by atoms with van der Waals surface area (Å²) < 4.78 is 4.61. The number of hydrazone groups is 1. The first-order valence-corrected chi connectivity index (χ1v) is 4.66. The Hall–Kier alpha value is -1.55. The van der Waals surface area contributed by atoms with Crippen molar-refractivity contribution in [3.63, 3.8) is 0 Å². The Kier molecular flexibility index (Phi) is 4.12. The van der Waals surface area contributed by atoms with E-state index in [0.717, 1.165) is 0 Å². The molecule has 80 valence electrons. The Morgan fingerprint density at radius 2 is 2.13 bits per heavy atom. The minimum Gasteiger partial charge on any atom is -0.464 e. The Labute approximate surface area is 92.9 Å². The van der Waals surface area contributed by atoms with E-state index in [4.69, 9.17) is 11.6 Å². The quantitative estimate of drug-likeness (QED) is 0.482. The van der Waals surface area contributed by atoms with Crippen molar-refractivity contribution in [2.45, 2.75) is 0 Å². The van der Waals surface area contributed by atoms with Gasteiger partial charge >= 0.3 is 5.97 Å². The molecular formula is C10H11ClN2O2. The number of nitrogens with one attached hydrogen (secondary N) is 1. The first kappa shape index (κ1) is 11.5. The molecule has 1 rings (SSSR count). The summed E-state index contributed by atoms with van der Waals surface area (Å²) in [6.45, 7) is 0. The fraction of sp³-hybridized carbons (Fsp3) is 0.200. The van der Waals surface area contributed by atoms with E-state index in [1.54, 1.807) is 31.3 Å². The van der Waals surface area contributed by atoms with Gasteiger partial charge in [-0.3, -0.25) is 0 Å². The molecule has 0 aromatic heterocycles. The number of rotatable bonds is 3. The standard InChI is InChI=1S/C10H11ClN2O2/c1-12-13-9(10(14)15-2)7-5-3-4-6-8(7)11/h3-6,12H,1-2H3/b13-9-. The number of hydrogen-bond donors (Lipinski definition) is 1. The minimum atomic E-state index is -0.530. The molecule has 0 aliphatic carbocycles. The zero-order valence-corrected chi connectivity index (χ0v) is 9.21. The van der Waals surface area contributed by atoms with Crippen molar-refractivity contribution in [3.05, 3.63) is 34.9 Å². The molecule has 5 heteroatoms. The summed E-state index contributed by atoms with van der Waals surface area (Å²) in [5.41, 5.74) is 3.24. The number of benzene rings is 1. The van der Waals surface area contributed by atoms with Gasteiger partial charge in [0, 0.05) is 12.6 Å². The van der Waals surface area contributed by atoms with E-state index in [9.17, 15) is 4.79 Å². The van der Waals surface area contributed by atoms with Crippen molar-refractivity contribution in [2.24, 2.45) is 5.10 Å². The molecule has 0 aliphatic rings. The lowest BCUT2D eigenvalue weighted by Gasteiger charge is -2.05. The molecule has 0 saturated carbocycles. The average Bonchev–Trinajstić information content (AvgIpc) is 2.26. The minimum absolute atomic E-state index is 0.158. The Morgan fingerprint density at radius 3 is 2.67 bits per heavy atom. The summed E-state index contributed by atoms with van der Waals surface area (Å²) >= 11 is 5.94. The van der Waals surface area contributed by atoms with Crippen LogP contribution < -0.4 is 5.43 Å². The molecular weight excluding hydrogens is 216 g/mol. The molecule has 4 nitrogen and oxygen atoms in total. The molecule has 0 spiro atoms. The lowest BCUT2D eigenvalue weighted by atomic mass is 10.1. The van der Waals surface area contributed by atoms with Gasteiger partial charge in [0.15, 0.2) is 5.71 Å². The van der Waals surface area contributed by atoms with Gasteiger partial charge in [-0.25, -0.2) is 4.79 Å². The molecule has 0 unspecified atom stereocenters. The molecule has 0 atom stereocenters. The summed E-state index contributed by atoms with van der Waals surface area (Å²) in [4.78, 5) is 11.4. The van der Waals surface area contributed by atoms with Crippen LogP contribution in [0.1, 0.15) is 5.56 Å². The predicted octanol–water partition coefficient (Wildman–Crippen LogP) is 1.44. The maximum Gasteiger partial charge on any atom is 0.359 e. The fourth-order valence-electron chi connectivity index (χ4n) is 1.08. The second kappa shape index (κ2) is 5.36. The fourth-order valence-corrected chi connectivity index (χ4v) is 1.30. The van der Waals surface area contributed by atoms with Gasteiger partial charge in [0.2, 0.25) is 0 Å². The highest BCUT2D eigenvalue weighted by molar-refractivity contribution is 6.47. The molecule has 0 amide bonds. The number of carbonyl (C=O) groups is 1. The van der Waals surface area contributed by atoms with Gasteiger partial charge in [0.1, 0.15) is 0 Å². The second-order valence-electron chi connectivity index (χ2n) is 2.66. The maximum absolute atomic E-state index is 11.4. The van der Waals surface area contributed by atoms with Crippen molar-refractivity contribution in [2.75, 3.05) is 14.2 Å². The number of halogens is 1. The summed E-state index contributed by atoms with van der Waals surface area (Å²) in [7, 11) is 2.89. The Bertz CT molecular complexity index is 391. The summed E-state index contributed by atoms with van der Waals surface area (Å²) in [6, 6.07) is 6.94. The number of hydrogen-bond acceptors (Lipinski definition) is 4. The third-order valence-corrected chi connectivity index (χ3v) is 2.06. The van der Waals surface area contributed by atoms with Crippen molar-refractivity contribution in [1.29, 1.82) is 0 Å². The smallest absolute Gasteiger partial charge is 0.359 e. The van der Waals surface area contributed by atoms with Gasteiger partial charge in [-0.05, 0) is 6.07 Å².